The minimum atomic E-state index is -0.107. The lowest BCUT2D eigenvalue weighted by atomic mass is 9.86. The first-order valence-corrected chi connectivity index (χ1v) is 10.6. The average Bonchev–Trinajstić information content (AvgIpc) is 2.67. The van der Waals surface area contributed by atoms with Crippen molar-refractivity contribution in [1.82, 2.24) is 0 Å². The third kappa shape index (κ3) is 3.53. The molecule has 0 fully saturated rings. The van der Waals surface area contributed by atoms with Gasteiger partial charge in [-0.1, -0.05) is 19.1 Å². The van der Waals surface area contributed by atoms with Crippen molar-refractivity contribution in [3.63, 3.8) is 0 Å². The molecular weight excluding hydrogens is 354 g/mol. The maximum absolute atomic E-state index is 9.49. The molecule has 27 heavy (non-hydrogen) atoms. The van der Waals surface area contributed by atoms with E-state index in [2.05, 4.69) is 51.1 Å². The molecule has 1 atom stereocenters. The topological polar surface area (TPSA) is 42.2 Å². The summed E-state index contributed by atoms with van der Waals surface area (Å²) in [6, 6.07) is 12.9. The van der Waals surface area contributed by atoms with Crippen molar-refractivity contribution in [3.05, 3.63) is 52.6 Å². The monoisotopic (exact) mass is 379 g/mol. The van der Waals surface area contributed by atoms with Crippen LogP contribution < -0.4 is 9.47 Å². The Morgan fingerprint density at radius 3 is 2.89 bits per heavy atom. The molecule has 140 valence electrons. The average molecular weight is 380 g/mol. The van der Waals surface area contributed by atoms with Crippen LogP contribution in [0.1, 0.15) is 55.4 Å². The van der Waals surface area contributed by atoms with Gasteiger partial charge in [-0.3, -0.25) is 0 Å². The molecule has 0 amide bonds. The Morgan fingerprint density at radius 1 is 1.26 bits per heavy atom. The molecular formula is C23H25NO2S. The highest BCUT2D eigenvalue weighted by molar-refractivity contribution is 7.99. The van der Waals surface area contributed by atoms with E-state index in [0.717, 1.165) is 47.0 Å². The molecule has 0 saturated carbocycles. The van der Waals surface area contributed by atoms with Crippen molar-refractivity contribution < 1.29 is 9.47 Å². The molecule has 2 aliphatic rings. The molecule has 2 aromatic rings. The van der Waals surface area contributed by atoms with E-state index >= 15 is 0 Å². The Hall–Kier alpha value is -2.12. The molecule has 0 aliphatic carbocycles. The summed E-state index contributed by atoms with van der Waals surface area (Å²) in [7, 11) is 0. The van der Waals surface area contributed by atoms with Gasteiger partial charge in [-0.05, 0) is 68.2 Å². The van der Waals surface area contributed by atoms with Crippen LogP contribution in [0.5, 0.6) is 11.5 Å². The number of thioether (sulfide) groups is 1. The Morgan fingerprint density at radius 2 is 2.11 bits per heavy atom. The molecule has 3 nitrogen and oxygen atoms in total. The summed E-state index contributed by atoms with van der Waals surface area (Å²) >= 11 is 1.72. The van der Waals surface area contributed by atoms with Crippen LogP contribution in [0.4, 0.5) is 0 Å². The fourth-order valence-electron chi connectivity index (χ4n) is 4.00. The van der Waals surface area contributed by atoms with Crippen molar-refractivity contribution in [1.29, 1.82) is 5.26 Å². The largest absolute Gasteiger partial charge is 0.492 e. The second kappa shape index (κ2) is 7.13. The number of benzene rings is 2. The minimum absolute atomic E-state index is 0.107. The summed E-state index contributed by atoms with van der Waals surface area (Å²) in [6.07, 6.45) is 2.94. The van der Waals surface area contributed by atoms with Crippen LogP contribution in [0, 0.1) is 11.3 Å². The molecule has 2 heterocycles. The van der Waals surface area contributed by atoms with Crippen molar-refractivity contribution in [3.8, 4) is 17.6 Å². The van der Waals surface area contributed by atoms with Gasteiger partial charge >= 0.3 is 0 Å². The van der Waals surface area contributed by atoms with Gasteiger partial charge in [-0.15, -0.1) is 11.8 Å². The third-order valence-corrected chi connectivity index (χ3v) is 6.41. The highest BCUT2D eigenvalue weighted by atomic mass is 32.2. The summed E-state index contributed by atoms with van der Waals surface area (Å²) in [4.78, 5) is 1.06. The summed E-state index contributed by atoms with van der Waals surface area (Å²) in [5, 5.41) is 9.49. The van der Waals surface area contributed by atoms with E-state index in [1.807, 2.05) is 6.07 Å². The molecule has 0 N–H and O–H groups in total. The van der Waals surface area contributed by atoms with Crippen LogP contribution in [0.15, 0.2) is 35.2 Å². The van der Waals surface area contributed by atoms with Gasteiger partial charge in [-0.25, -0.2) is 0 Å². The molecule has 4 heteroatoms. The number of rotatable bonds is 3. The van der Waals surface area contributed by atoms with Crippen molar-refractivity contribution in [2.24, 2.45) is 0 Å². The third-order valence-electron chi connectivity index (χ3n) is 5.45. The summed E-state index contributed by atoms with van der Waals surface area (Å²) in [6.45, 7) is 7.04. The number of nitriles is 1. The van der Waals surface area contributed by atoms with Crippen LogP contribution in [0.3, 0.4) is 0 Å². The summed E-state index contributed by atoms with van der Waals surface area (Å²) in [5.41, 5.74) is 4.32. The minimum Gasteiger partial charge on any atom is -0.492 e. The first-order valence-electron chi connectivity index (χ1n) is 9.64. The normalized spacial score (nSPS) is 19.9. The molecule has 0 radical (unpaired) electrons. The van der Waals surface area contributed by atoms with Gasteiger partial charge in [-0.2, -0.15) is 5.26 Å². The Labute approximate surface area is 165 Å². The quantitative estimate of drug-likeness (QED) is 0.661. The van der Waals surface area contributed by atoms with Crippen LogP contribution in [0.2, 0.25) is 0 Å². The van der Waals surface area contributed by atoms with Crippen LogP contribution in [-0.4, -0.2) is 18.0 Å². The number of fused-ring (bicyclic) bond motifs is 3. The zero-order chi connectivity index (χ0) is 19.0. The predicted octanol–water partition coefficient (Wildman–Crippen LogP) is 5.49. The standard InChI is InChI=1S/C23H25NO2S/c1-4-27-21-8-6-15(11-17(21)13-24)18-12-16-5-7-20-19(22(16)25-14-18)9-10-23(2,3)26-20/h5-8,11,18H,4,9-10,12,14H2,1-3H3. The van der Waals surface area contributed by atoms with Gasteiger partial charge in [0.15, 0.2) is 0 Å². The highest BCUT2D eigenvalue weighted by Crippen LogP contribution is 2.44. The number of nitrogens with zero attached hydrogens (tertiary/aromatic N) is 1. The molecule has 0 bridgehead atoms. The highest BCUT2D eigenvalue weighted by Gasteiger charge is 2.32. The molecule has 0 spiro atoms. The van der Waals surface area contributed by atoms with Gasteiger partial charge in [0, 0.05) is 16.4 Å². The molecule has 1 unspecified atom stereocenters. The second-order valence-corrected chi connectivity index (χ2v) is 9.21. The Balaban J connectivity index is 1.60. The fraction of sp³-hybridized carbons (Fsp3) is 0.435. The van der Waals surface area contributed by atoms with E-state index in [1.54, 1.807) is 11.8 Å². The van der Waals surface area contributed by atoms with Crippen LogP contribution in [-0.2, 0) is 12.8 Å². The molecule has 2 aromatic carbocycles. The van der Waals surface area contributed by atoms with E-state index in [0.29, 0.717) is 6.61 Å². The van der Waals surface area contributed by atoms with E-state index in [1.165, 1.54) is 16.7 Å². The molecule has 4 rings (SSSR count). The lowest BCUT2D eigenvalue weighted by Gasteiger charge is -2.35. The lowest BCUT2D eigenvalue weighted by Crippen LogP contribution is -2.33. The first kappa shape index (κ1) is 18.3. The van der Waals surface area contributed by atoms with Crippen LogP contribution in [0.25, 0.3) is 0 Å². The Kier molecular flexibility index (Phi) is 4.82. The first-order chi connectivity index (χ1) is 13.0. The maximum Gasteiger partial charge on any atom is 0.129 e. The number of ether oxygens (including phenoxy) is 2. The smallest absolute Gasteiger partial charge is 0.129 e. The molecule has 2 aliphatic heterocycles. The second-order valence-electron chi connectivity index (χ2n) is 7.90. The maximum atomic E-state index is 9.49. The van der Waals surface area contributed by atoms with Gasteiger partial charge in [0.05, 0.1) is 12.2 Å². The number of hydrogen-bond donors (Lipinski definition) is 0. The van der Waals surface area contributed by atoms with Gasteiger partial charge < -0.3 is 9.47 Å². The summed E-state index contributed by atoms with van der Waals surface area (Å²) < 4.78 is 12.4. The van der Waals surface area contributed by atoms with E-state index in [9.17, 15) is 5.26 Å². The molecule has 0 saturated heterocycles. The van der Waals surface area contributed by atoms with Crippen molar-refractivity contribution in [2.75, 3.05) is 12.4 Å². The zero-order valence-electron chi connectivity index (χ0n) is 16.2. The van der Waals surface area contributed by atoms with Gasteiger partial charge in [0.2, 0.25) is 0 Å². The van der Waals surface area contributed by atoms with Gasteiger partial charge in [0.1, 0.15) is 23.2 Å². The lowest BCUT2D eigenvalue weighted by molar-refractivity contribution is 0.0827. The van der Waals surface area contributed by atoms with Crippen molar-refractivity contribution >= 4 is 11.8 Å². The Bertz CT molecular complexity index is 913. The van der Waals surface area contributed by atoms with Crippen LogP contribution >= 0.6 is 11.8 Å². The fourth-order valence-corrected chi connectivity index (χ4v) is 4.73. The van der Waals surface area contributed by atoms with E-state index in [-0.39, 0.29) is 11.5 Å². The van der Waals surface area contributed by atoms with Gasteiger partial charge in [0.25, 0.3) is 0 Å². The molecule has 0 aromatic heterocycles. The van der Waals surface area contributed by atoms with E-state index < -0.39 is 0 Å². The zero-order valence-corrected chi connectivity index (χ0v) is 17.0. The summed E-state index contributed by atoms with van der Waals surface area (Å²) in [5.74, 6) is 3.25. The van der Waals surface area contributed by atoms with E-state index in [4.69, 9.17) is 9.47 Å². The number of hydrogen-bond acceptors (Lipinski definition) is 4. The predicted molar refractivity (Wildman–Crippen MR) is 109 cm³/mol. The SMILES string of the molecule is CCSc1ccc(C2COc3c(ccc4c3CCC(C)(C)O4)C2)cc1C#N. The van der Waals surface area contributed by atoms with Crippen molar-refractivity contribution in [2.45, 2.75) is 56.4 Å².